The van der Waals surface area contributed by atoms with Crippen LogP contribution in [0.1, 0.15) is 26.3 Å². The summed E-state index contributed by atoms with van der Waals surface area (Å²) >= 11 is 3.72. The summed E-state index contributed by atoms with van der Waals surface area (Å²) in [6.45, 7) is 6.67. The molecule has 0 aliphatic heterocycles. The van der Waals surface area contributed by atoms with Crippen LogP contribution in [0.25, 0.3) is 197 Å². The first-order chi connectivity index (χ1) is 54.2. The molecular formula is C98H66N10S2. The number of rotatable bonds is 11. The summed E-state index contributed by atoms with van der Waals surface area (Å²) in [5.41, 5.74) is 18.1. The van der Waals surface area contributed by atoms with Crippen molar-refractivity contribution in [1.29, 1.82) is 0 Å². The lowest BCUT2D eigenvalue weighted by molar-refractivity contribution is 0.590. The summed E-state index contributed by atoms with van der Waals surface area (Å²) in [7, 11) is 0. The lowest BCUT2D eigenvalue weighted by Gasteiger charge is -2.19. The molecule has 0 radical (unpaired) electrons. The Morgan fingerprint density at radius 3 is 0.991 bits per heavy atom. The van der Waals surface area contributed by atoms with E-state index in [0.717, 1.165) is 99.8 Å². The van der Waals surface area contributed by atoms with Crippen molar-refractivity contribution in [2.45, 2.75) is 26.2 Å². The van der Waals surface area contributed by atoms with Crippen molar-refractivity contribution in [1.82, 2.24) is 49.0 Å². The van der Waals surface area contributed by atoms with E-state index in [-0.39, 0.29) is 5.41 Å². The normalized spacial score (nSPS) is 11.8. The number of thiophene rings is 2. The van der Waals surface area contributed by atoms with Crippen LogP contribution in [0, 0.1) is 0 Å². The van der Waals surface area contributed by atoms with E-state index in [1.165, 1.54) is 68.2 Å². The van der Waals surface area contributed by atoms with Gasteiger partial charge in [0.15, 0.2) is 34.9 Å². The number of benzene rings is 13. The van der Waals surface area contributed by atoms with Crippen LogP contribution in [0.15, 0.2) is 346 Å². The average Bonchev–Trinajstić information content (AvgIpc) is 1.58. The predicted octanol–water partition coefficient (Wildman–Crippen LogP) is 25.8. The van der Waals surface area contributed by atoms with Crippen molar-refractivity contribution >= 4 is 107 Å². The first kappa shape index (κ1) is 65.7. The van der Waals surface area contributed by atoms with Crippen LogP contribution in [0.2, 0.25) is 0 Å². The Hall–Kier alpha value is -13.8. The molecule has 12 heteroatoms. The molecule has 0 N–H and O–H groups in total. The number of fused-ring (bicyclic) bond motifs is 12. The van der Waals surface area contributed by atoms with Gasteiger partial charge in [-0.2, -0.15) is 0 Å². The highest BCUT2D eigenvalue weighted by molar-refractivity contribution is 7.26. The van der Waals surface area contributed by atoms with Crippen molar-refractivity contribution in [2.24, 2.45) is 0 Å². The quantitative estimate of drug-likeness (QED) is 0.126. The minimum Gasteiger partial charge on any atom is -0.293 e. The molecule has 0 spiro atoms. The largest absolute Gasteiger partial charge is 0.293 e. The van der Waals surface area contributed by atoms with E-state index in [4.69, 9.17) is 39.9 Å². The van der Waals surface area contributed by atoms with Crippen molar-refractivity contribution < 1.29 is 0 Å². The van der Waals surface area contributed by atoms with Gasteiger partial charge in [0, 0.05) is 96.5 Å². The maximum atomic E-state index is 5.16. The van der Waals surface area contributed by atoms with Gasteiger partial charge >= 0.3 is 0 Å². The molecule has 0 amide bonds. The van der Waals surface area contributed by atoms with Crippen LogP contribution in [-0.4, -0.2) is 49.0 Å². The third kappa shape index (κ3) is 11.7. The molecular weight excluding hydrogens is 1380 g/mol. The number of hydrogen-bond donors (Lipinski definition) is 0. The Bertz CT molecular complexity index is 7120. The van der Waals surface area contributed by atoms with Crippen molar-refractivity contribution in [2.75, 3.05) is 0 Å². The summed E-state index contributed by atoms with van der Waals surface area (Å²) in [5, 5.41) is 9.84. The summed E-state index contributed by atoms with van der Waals surface area (Å²) in [5.74, 6) is 5.10. The summed E-state index contributed by atoms with van der Waals surface area (Å²) in [6.07, 6.45) is 3.69. The standard InChI is InChI=1S/C50H31N5S.C48H35N5S/c1-3-13-32(14-4-1)33-24-26-35(27-25-33)48-52-47(34-15-5-2-6-16-34)53-49(54-48)41-21-12-30-51-50(41)55-43-22-9-7-17-38(43)42-31-36(28-29-44(42)55)37-19-11-20-40-39-18-8-10-23-45(39)56-46(37)40;1-48(2,3)33-25-22-31(23-26-33)45-50-44(30-13-5-4-6-14-30)51-46(52-45)38-19-12-28-49-47(38)53-40-20-9-7-15-35(40)39-29-32(24-27-41(39)53)34-17-11-18-37-36-16-8-10-21-42(36)54-43(34)37/h1-31H;4-29H,1-3H3. The topological polar surface area (TPSA) is 113 Å². The number of hydrogen-bond acceptors (Lipinski definition) is 10. The van der Waals surface area contributed by atoms with Crippen LogP contribution in [0.3, 0.4) is 0 Å². The Labute approximate surface area is 642 Å². The monoisotopic (exact) mass is 1450 g/mol. The average molecular weight is 1450 g/mol. The summed E-state index contributed by atoms with van der Waals surface area (Å²) in [4.78, 5) is 40.7. The molecule has 8 aromatic heterocycles. The molecule has 0 aliphatic carbocycles. The van der Waals surface area contributed by atoms with Gasteiger partial charge < -0.3 is 0 Å². The van der Waals surface area contributed by atoms with E-state index >= 15 is 0 Å². The second-order valence-corrected chi connectivity index (χ2v) is 30.7. The molecule has 10 nitrogen and oxygen atoms in total. The van der Waals surface area contributed by atoms with Crippen molar-refractivity contribution in [3.63, 3.8) is 0 Å². The Balaban J connectivity index is 0.000000144. The minimum atomic E-state index is 0.0393. The molecule has 0 saturated carbocycles. The molecule has 21 aromatic rings. The van der Waals surface area contributed by atoms with E-state index in [1.807, 2.05) is 114 Å². The first-order valence-electron chi connectivity index (χ1n) is 36.9. The molecule has 0 unspecified atom stereocenters. The van der Waals surface area contributed by atoms with Crippen molar-refractivity contribution in [3.05, 3.63) is 352 Å². The van der Waals surface area contributed by atoms with E-state index in [2.05, 4.69) is 285 Å². The molecule has 0 atom stereocenters. The smallest absolute Gasteiger partial charge is 0.167 e. The maximum Gasteiger partial charge on any atom is 0.167 e. The fourth-order valence-corrected chi connectivity index (χ4v) is 17.9. The van der Waals surface area contributed by atoms with Crippen LogP contribution in [0.4, 0.5) is 0 Å². The van der Waals surface area contributed by atoms with Gasteiger partial charge in [-0.25, -0.2) is 39.9 Å². The second kappa shape index (κ2) is 27.2. The zero-order valence-electron chi connectivity index (χ0n) is 60.2. The van der Waals surface area contributed by atoms with Gasteiger partial charge in [0.05, 0.1) is 33.2 Å². The molecule has 0 fully saturated rings. The Morgan fingerprint density at radius 1 is 0.236 bits per heavy atom. The minimum absolute atomic E-state index is 0.0393. The fraction of sp³-hybridized carbons (Fsp3) is 0.0408. The molecule has 0 saturated heterocycles. The maximum absolute atomic E-state index is 5.16. The highest BCUT2D eigenvalue weighted by Gasteiger charge is 2.25. The number of para-hydroxylation sites is 2. The molecule has 0 bridgehead atoms. The van der Waals surface area contributed by atoms with E-state index in [9.17, 15) is 0 Å². The lowest BCUT2D eigenvalue weighted by atomic mass is 9.87. The third-order valence-corrected chi connectivity index (χ3v) is 23.3. The molecule has 520 valence electrons. The zero-order chi connectivity index (χ0) is 73.4. The van der Waals surface area contributed by atoms with Gasteiger partial charge in [0.25, 0.3) is 0 Å². The van der Waals surface area contributed by atoms with Gasteiger partial charge in [0.2, 0.25) is 0 Å². The van der Waals surface area contributed by atoms with Crippen molar-refractivity contribution in [3.8, 4) is 113 Å². The Kier molecular flexibility index (Phi) is 16.3. The van der Waals surface area contributed by atoms with Gasteiger partial charge in [-0.1, -0.05) is 282 Å². The Morgan fingerprint density at radius 2 is 0.555 bits per heavy atom. The van der Waals surface area contributed by atoms with E-state index in [1.54, 1.807) is 0 Å². The van der Waals surface area contributed by atoms with Crippen LogP contribution >= 0.6 is 22.7 Å². The van der Waals surface area contributed by atoms with E-state index in [0.29, 0.717) is 34.9 Å². The third-order valence-electron chi connectivity index (χ3n) is 20.8. The summed E-state index contributed by atoms with van der Waals surface area (Å²) < 4.78 is 9.73. The zero-order valence-corrected chi connectivity index (χ0v) is 61.8. The van der Waals surface area contributed by atoms with Gasteiger partial charge in [0.1, 0.15) is 11.6 Å². The second-order valence-electron chi connectivity index (χ2n) is 28.6. The highest BCUT2D eigenvalue weighted by Crippen LogP contribution is 2.46. The highest BCUT2D eigenvalue weighted by atomic mass is 32.1. The number of aromatic nitrogens is 10. The summed E-state index contributed by atoms with van der Waals surface area (Å²) in [6, 6.07) is 117. The molecule has 21 rings (SSSR count). The lowest BCUT2D eigenvalue weighted by Crippen LogP contribution is -2.10. The van der Waals surface area contributed by atoms with Crippen LogP contribution < -0.4 is 0 Å². The molecule has 8 heterocycles. The molecule has 110 heavy (non-hydrogen) atoms. The predicted molar refractivity (Wildman–Crippen MR) is 457 cm³/mol. The van der Waals surface area contributed by atoms with Gasteiger partial charge in [-0.3, -0.25) is 9.13 Å². The van der Waals surface area contributed by atoms with Crippen LogP contribution in [0.5, 0.6) is 0 Å². The number of nitrogens with zero attached hydrogens (tertiary/aromatic N) is 10. The van der Waals surface area contributed by atoms with Gasteiger partial charge in [-0.05, 0) is 117 Å². The SMILES string of the molecule is CC(C)(C)c1ccc(-c2nc(-c3ccccc3)nc(-c3cccnc3-n3c4ccccc4c4cc(-c5cccc6c5sc5ccccc56)ccc43)n2)cc1.c1ccc(-c2ccc(-c3nc(-c4ccccc4)nc(-c4cccnc4-n4c5ccccc5c5cc(-c6cccc7c6sc6ccccc67)ccc54)n3)cc2)cc1. The van der Waals surface area contributed by atoms with Gasteiger partial charge in [-0.15, -0.1) is 22.7 Å². The molecule has 13 aromatic carbocycles. The van der Waals surface area contributed by atoms with Crippen LogP contribution in [-0.2, 0) is 5.41 Å². The van der Waals surface area contributed by atoms with E-state index < -0.39 is 0 Å². The molecule has 0 aliphatic rings. The first-order valence-corrected chi connectivity index (χ1v) is 38.5. The number of pyridine rings is 2. The fourth-order valence-electron chi connectivity index (χ4n) is 15.4.